The Bertz CT molecular complexity index is 567. The van der Waals surface area contributed by atoms with E-state index in [-0.39, 0.29) is 0 Å². The molecular formula is C15H26N2O3S. The van der Waals surface area contributed by atoms with E-state index in [2.05, 4.69) is 23.5 Å². The number of aryl methyl sites for hydroxylation is 2. The number of sulfonamides is 1. The third-order valence-electron chi connectivity index (χ3n) is 3.60. The number of nitrogens with zero attached hydrogens (tertiary/aromatic N) is 1. The summed E-state index contributed by atoms with van der Waals surface area (Å²) < 4.78 is 32.7. The lowest BCUT2D eigenvalue weighted by molar-refractivity contribution is 0.309. The molecule has 0 saturated carbocycles. The smallest absolute Gasteiger partial charge is 0.240 e. The van der Waals surface area contributed by atoms with E-state index in [9.17, 15) is 8.42 Å². The van der Waals surface area contributed by atoms with Crippen LogP contribution >= 0.6 is 0 Å². The maximum atomic E-state index is 12.4. The number of rotatable bonds is 8. The molecular weight excluding hydrogens is 288 g/mol. The zero-order valence-corrected chi connectivity index (χ0v) is 14.4. The predicted octanol–water partition coefficient (Wildman–Crippen LogP) is 1.93. The van der Waals surface area contributed by atoms with Gasteiger partial charge in [-0.2, -0.15) is 0 Å². The Morgan fingerprint density at radius 3 is 2.29 bits per heavy atom. The minimum atomic E-state index is -3.48. The molecule has 1 aromatic carbocycles. The van der Waals surface area contributed by atoms with Crippen molar-refractivity contribution in [3.63, 3.8) is 0 Å². The van der Waals surface area contributed by atoms with Gasteiger partial charge >= 0.3 is 0 Å². The SMILES string of the molecule is CCN(CC)CCNS(=O)(=O)c1cc(C)c(OC)cc1C. The van der Waals surface area contributed by atoms with Crippen molar-refractivity contribution in [2.75, 3.05) is 33.3 Å². The van der Waals surface area contributed by atoms with Crippen LogP contribution in [-0.4, -0.2) is 46.6 Å². The number of methoxy groups -OCH3 is 1. The van der Waals surface area contributed by atoms with E-state index in [1.807, 2.05) is 6.92 Å². The van der Waals surface area contributed by atoms with E-state index in [0.717, 1.165) is 18.7 Å². The number of ether oxygens (including phenoxy) is 1. The third-order valence-corrected chi connectivity index (χ3v) is 5.20. The molecule has 21 heavy (non-hydrogen) atoms. The van der Waals surface area contributed by atoms with Gasteiger partial charge in [-0.1, -0.05) is 13.8 Å². The monoisotopic (exact) mass is 314 g/mol. The zero-order valence-electron chi connectivity index (χ0n) is 13.6. The minimum absolute atomic E-state index is 0.320. The number of nitrogens with one attached hydrogen (secondary N) is 1. The normalized spacial score (nSPS) is 11.9. The van der Waals surface area contributed by atoms with E-state index in [4.69, 9.17) is 4.74 Å². The quantitative estimate of drug-likeness (QED) is 0.796. The molecule has 0 bridgehead atoms. The largest absolute Gasteiger partial charge is 0.496 e. The Labute approximate surface area is 128 Å². The van der Waals surface area contributed by atoms with Gasteiger partial charge < -0.3 is 9.64 Å². The summed E-state index contributed by atoms with van der Waals surface area (Å²) in [5.41, 5.74) is 1.50. The van der Waals surface area contributed by atoms with Crippen molar-refractivity contribution in [2.45, 2.75) is 32.6 Å². The van der Waals surface area contributed by atoms with Crippen LogP contribution in [0.2, 0.25) is 0 Å². The van der Waals surface area contributed by atoms with Gasteiger partial charge in [0.25, 0.3) is 0 Å². The van der Waals surface area contributed by atoms with Crippen molar-refractivity contribution in [1.82, 2.24) is 9.62 Å². The van der Waals surface area contributed by atoms with Gasteiger partial charge in [-0.25, -0.2) is 13.1 Å². The standard InChI is InChI=1S/C15H26N2O3S/c1-6-17(7-2)9-8-16-21(18,19)15-11-12(3)14(20-5)10-13(15)4/h10-11,16H,6-9H2,1-5H3. The van der Waals surface area contributed by atoms with E-state index in [1.165, 1.54) is 0 Å². The van der Waals surface area contributed by atoms with Crippen LogP contribution < -0.4 is 9.46 Å². The summed E-state index contributed by atoms with van der Waals surface area (Å²) in [6.45, 7) is 10.7. The summed E-state index contributed by atoms with van der Waals surface area (Å²) in [4.78, 5) is 2.50. The predicted molar refractivity (Wildman–Crippen MR) is 85.4 cm³/mol. The lowest BCUT2D eigenvalue weighted by Gasteiger charge is -2.18. The molecule has 1 N–H and O–H groups in total. The first-order valence-electron chi connectivity index (χ1n) is 7.23. The average Bonchev–Trinajstić information content (AvgIpc) is 2.45. The van der Waals surface area contributed by atoms with Crippen molar-refractivity contribution < 1.29 is 13.2 Å². The Hall–Kier alpha value is -1.11. The van der Waals surface area contributed by atoms with E-state index in [1.54, 1.807) is 26.2 Å². The van der Waals surface area contributed by atoms with Gasteiger partial charge in [0.05, 0.1) is 12.0 Å². The van der Waals surface area contributed by atoms with Crippen LogP contribution in [0.25, 0.3) is 0 Å². The molecule has 0 aromatic heterocycles. The van der Waals surface area contributed by atoms with Gasteiger partial charge in [0.15, 0.2) is 0 Å². The first kappa shape index (κ1) is 17.9. The molecule has 0 aliphatic heterocycles. The molecule has 6 heteroatoms. The summed E-state index contributed by atoms with van der Waals surface area (Å²) in [6, 6.07) is 3.42. The number of hydrogen-bond acceptors (Lipinski definition) is 4. The molecule has 0 amide bonds. The lowest BCUT2D eigenvalue weighted by atomic mass is 10.1. The molecule has 0 aliphatic rings. The van der Waals surface area contributed by atoms with Crippen molar-refractivity contribution >= 4 is 10.0 Å². The second kappa shape index (κ2) is 7.77. The Morgan fingerprint density at radius 2 is 1.76 bits per heavy atom. The highest BCUT2D eigenvalue weighted by atomic mass is 32.2. The molecule has 0 aliphatic carbocycles. The molecule has 0 heterocycles. The highest BCUT2D eigenvalue weighted by Gasteiger charge is 2.18. The Morgan fingerprint density at radius 1 is 1.14 bits per heavy atom. The molecule has 0 saturated heterocycles. The van der Waals surface area contributed by atoms with Gasteiger partial charge in [0.1, 0.15) is 5.75 Å². The van der Waals surface area contributed by atoms with Gasteiger partial charge in [-0.3, -0.25) is 0 Å². The van der Waals surface area contributed by atoms with E-state index < -0.39 is 10.0 Å². The van der Waals surface area contributed by atoms with Crippen LogP contribution in [0, 0.1) is 13.8 Å². The minimum Gasteiger partial charge on any atom is -0.496 e. The molecule has 0 spiro atoms. The Kier molecular flexibility index (Phi) is 6.64. The van der Waals surface area contributed by atoms with Crippen LogP contribution in [0.3, 0.4) is 0 Å². The van der Waals surface area contributed by atoms with Gasteiger partial charge in [-0.15, -0.1) is 0 Å². The molecule has 1 rings (SSSR count). The lowest BCUT2D eigenvalue weighted by Crippen LogP contribution is -2.35. The van der Waals surface area contributed by atoms with Crippen LogP contribution in [0.4, 0.5) is 0 Å². The maximum absolute atomic E-state index is 12.4. The van der Waals surface area contributed by atoms with Gasteiger partial charge in [0.2, 0.25) is 10.0 Å². The second-order valence-corrected chi connectivity index (χ2v) is 6.75. The van der Waals surface area contributed by atoms with Crippen LogP contribution in [0.15, 0.2) is 17.0 Å². The molecule has 120 valence electrons. The zero-order chi connectivity index (χ0) is 16.0. The molecule has 0 radical (unpaired) electrons. The topological polar surface area (TPSA) is 58.6 Å². The van der Waals surface area contributed by atoms with Crippen molar-refractivity contribution in [1.29, 1.82) is 0 Å². The van der Waals surface area contributed by atoms with Crippen molar-refractivity contribution in [2.24, 2.45) is 0 Å². The molecule has 0 fully saturated rings. The van der Waals surface area contributed by atoms with E-state index in [0.29, 0.717) is 29.3 Å². The van der Waals surface area contributed by atoms with Crippen LogP contribution in [-0.2, 0) is 10.0 Å². The van der Waals surface area contributed by atoms with E-state index >= 15 is 0 Å². The molecule has 5 nitrogen and oxygen atoms in total. The fourth-order valence-corrected chi connectivity index (χ4v) is 3.56. The summed E-state index contributed by atoms with van der Waals surface area (Å²) in [7, 11) is -1.90. The number of benzene rings is 1. The summed E-state index contributed by atoms with van der Waals surface area (Å²) in [5.74, 6) is 0.703. The fraction of sp³-hybridized carbons (Fsp3) is 0.600. The summed E-state index contributed by atoms with van der Waals surface area (Å²) in [5, 5.41) is 0. The highest BCUT2D eigenvalue weighted by molar-refractivity contribution is 7.89. The fourth-order valence-electron chi connectivity index (χ4n) is 2.23. The first-order valence-corrected chi connectivity index (χ1v) is 8.71. The number of likely N-dealkylation sites (N-methyl/N-ethyl adjacent to an activating group) is 1. The average molecular weight is 314 g/mol. The van der Waals surface area contributed by atoms with Crippen molar-refractivity contribution in [3.05, 3.63) is 23.3 Å². The Balaban J connectivity index is 2.86. The number of hydrogen-bond donors (Lipinski definition) is 1. The van der Waals surface area contributed by atoms with Gasteiger partial charge in [-0.05, 0) is 50.2 Å². The van der Waals surface area contributed by atoms with Crippen molar-refractivity contribution in [3.8, 4) is 5.75 Å². The summed E-state index contributed by atoms with van der Waals surface area (Å²) >= 11 is 0. The molecule has 0 unspecified atom stereocenters. The maximum Gasteiger partial charge on any atom is 0.240 e. The van der Waals surface area contributed by atoms with Crippen LogP contribution in [0.5, 0.6) is 5.75 Å². The third kappa shape index (κ3) is 4.69. The van der Waals surface area contributed by atoms with Crippen LogP contribution in [0.1, 0.15) is 25.0 Å². The second-order valence-electron chi connectivity index (χ2n) is 5.01. The first-order chi connectivity index (χ1) is 9.85. The molecule has 0 atom stereocenters. The highest BCUT2D eigenvalue weighted by Crippen LogP contribution is 2.25. The van der Waals surface area contributed by atoms with Gasteiger partial charge in [0, 0.05) is 13.1 Å². The summed E-state index contributed by atoms with van der Waals surface area (Å²) in [6.07, 6.45) is 0. The molecule has 1 aromatic rings.